The van der Waals surface area contributed by atoms with Crippen molar-refractivity contribution in [3.63, 3.8) is 0 Å². The van der Waals surface area contributed by atoms with Crippen molar-refractivity contribution in [1.82, 2.24) is 9.80 Å². The molecule has 3 rings (SSSR count). The number of benzene rings is 1. The minimum atomic E-state index is -0.117. The molecule has 5 nitrogen and oxygen atoms in total. The van der Waals surface area contributed by atoms with Gasteiger partial charge in [0.25, 0.3) is 5.91 Å². The minimum absolute atomic E-state index is 0.117. The van der Waals surface area contributed by atoms with E-state index >= 15 is 0 Å². The van der Waals surface area contributed by atoms with Crippen LogP contribution in [0.3, 0.4) is 0 Å². The molecule has 2 amide bonds. The van der Waals surface area contributed by atoms with E-state index in [4.69, 9.17) is 16.0 Å². The zero-order chi connectivity index (χ0) is 16.9. The van der Waals surface area contributed by atoms with E-state index in [1.54, 1.807) is 17.0 Å². The molecule has 126 valence electrons. The zero-order valence-corrected chi connectivity index (χ0v) is 14.0. The average Bonchev–Trinajstić information content (AvgIpc) is 3.15. The summed E-state index contributed by atoms with van der Waals surface area (Å²) < 4.78 is 5.14. The van der Waals surface area contributed by atoms with Crippen LogP contribution in [0.4, 0.5) is 0 Å². The van der Waals surface area contributed by atoms with Crippen LogP contribution in [0.15, 0.2) is 47.1 Å². The van der Waals surface area contributed by atoms with Gasteiger partial charge in [-0.25, -0.2) is 0 Å². The molecule has 0 radical (unpaired) electrons. The fourth-order valence-corrected chi connectivity index (χ4v) is 2.90. The molecular formula is C18H19ClN2O3. The van der Waals surface area contributed by atoms with Crippen LogP contribution < -0.4 is 0 Å². The lowest BCUT2D eigenvalue weighted by atomic mass is 10.1. The fourth-order valence-electron chi connectivity index (χ4n) is 2.78. The fraction of sp³-hybridized carbons (Fsp3) is 0.333. The predicted molar refractivity (Wildman–Crippen MR) is 91.0 cm³/mol. The van der Waals surface area contributed by atoms with Gasteiger partial charge < -0.3 is 14.2 Å². The van der Waals surface area contributed by atoms with Crippen molar-refractivity contribution in [3.05, 3.63) is 59.0 Å². The summed E-state index contributed by atoms with van der Waals surface area (Å²) in [7, 11) is 0. The molecule has 0 spiro atoms. The Hall–Kier alpha value is -2.27. The van der Waals surface area contributed by atoms with E-state index in [0.717, 1.165) is 5.56 Å². The van der Waals surface area contributed by atoms with E-state index in [2.05, 4.69) is 0 Å². The lowest BCUT2D eigenvalue weighted by Gasteiger charge is -2.34. The molecule has 1 aromatic heterocycles. The van der Waals surface area contributed by atoms with Gasteiger partial charge in [-0.05, 0) is 36.2 Å². The highest BCUT2D eigenvalue weighted by atomic mass is 35.5. The first kappa shape index (κ1) is 16.6. The number of carbonyl (C=O) groups excluding carboxylic acids is 2. The Morgan fingerprint density at radius 3 is 2.29 bits per heavy atom. The van der Waals surface area contributed by atoms with E-state index in [1.807, 2.05) is 29.2 Å². The third-order valence-electron chi connectivity index (χ3n) is 4.19. The van der Waals surface area contributed by atoms with Crippen molar-refractivity contribution in [2.45, 2.75) is 12.8 Å². The maximum Gasteiger partial charge on any atom is 0.289 e. The highest BCUT2D eigenvalue weighted by Gasteiger charge is 2.25. The van der Waals surface area contributed by atoms with Crippen LogP contribution >= 0.6 is 11.6 Å². The summed E-state index contributed by atoms with van der Waals surface area (Å²) in [5, 5.41) is 0.697. The van der Waals surface area contributed by atoms with Crippen molar-refractivity contribution in [2.75, 3.05) is 26.2 Å². The SMILES string of the molecule is O=C(CCc1ccc(Cl)cc1)N1CCN(C(=O)c2ccco2)CC1. The van der Waals surface area contributed by atoms with Gasteiger partial charge in [-0.3, -0.25) is 9.59 Å². The maximum absolute atomic E-state index is 12.3. The van der Waals surface area contributed by atoms with Gasteiger partial charge in [0.1, 0.15) is 0 Å². The van der Waals surface area contributed by atoms with E-state index in [9.17, 15) is 9.59 Å². The van der Waals surface area contributed by atoms with Crippen LogP contribution in [0.1, 0.15) is 22.5 Å². The number of furan rings is 1. The van der Waals surface area contributed by atoms with Crippen molar-refractivity contribution in [2.24, 2.45) is 0 Å². The molecule has 1 fully saturated rings. The molecule has 0 atom stereocenters. The molecule has 2 aromatic rings. The van der Waals surface area contributed by atoms with Gasteiger partial charge in [-0.1, -0.05) is 23.7 Å². The number of rotatable bonds is 4. The first-order chi connectivity index (χ1) is 11.6. The second-order valence-electron chi connectivity index (χ2n) is 5.78. The second kappa shape index (κ2) is 7.53. The lowest BCUT2D eigenvalue weighted by molar-refractivity contribution is -0.132. The van der Waals surface area contributed by atoms with Gasteiger partial charge in [0.15, 0.2) is 5.76 Å². The Bertz CT molecular complexity index is 690. The topological polar surface area (TPSA) is 53.8 Å². The van der Waals surface area contributed by atoms with Gasteiger partial charge >= 0.3 is 0 Å². The summed E-state index contributed by atoms with van der Waals surface area (Å²) in [4.78, 5) is 28.1. The highest BCUT2D eigenvalue weighted by molar-refractivity contribution is 6.30. The van der Waals surface area contributed by atoms with Crippen LogP contribution in [-0.2, 0) is 11.2 Å². The van der Waals surface area contributed by atoms with E-state index in [0.29, 0.717) is 49.8 Å². The molecule has 24 heavy (non-hydrogen) atoms. The molecule has 1 aliphatic heterocycles. The number of aryl methyl sites for hydroxylation is 1. The Labute approximate surface area is 145 Å². The third-order valence-corrected chi connectivity index (χ3v) is 4.44. The van der Waals surface area contributed by atoms with E-state index < -0.39 is 0 Å². The Balaban J connectivity index is 1.46. The summed E-state index contributed by atoms with van der Waals surface area (Å²) >= 11 is 5.86. The van der Waals surface area contributed by atoms with Crippen molar-refractivity contribution < 1.29 is 14.0 Å². The Morgan fingerprint density at radius 2 is 1.67 bits per heavy atom. The number of hydrogen-bond donors (Lipinski definition) is 0. The standard InChI is InChI=1S/C18H19ClN2O3/c19-15-6-3-14(4-7-15)5-8-17(22)20-9-11-21(12-10-20)18(23)16-2-1-13-24-16/h1-4,6-7,13H,5,8-12H2. The predicted octanol–water partition coefficient (Wildman–Crippen LogP) is 2.85. The Kier molecular flexibility index (Phi) is 5.20. The summed E-state index contributed by atoms with van der Waals surface area (Å²) in [5.41, 5.74) is 1.10. The molecule has 0 bridgehead atoms. The number of halogens is 1. The number of hydrogen-bond acceptors (Lipinski definition) is 3. The number of amides is 2. The lowest BCUT2D eigenvalue weighted by Crippen LogP contribution is -2.50. The van der Waals surface area contributed by atoms with Crippen LogP contribution in [0, 0.1) is 0 Å². The van der Waals surface area contributed by atoms with Crippen LogP contribution in [0.2, 0.25) is 5.02 Å². The molecule has 0 N–H and O–H groups in total. The van der Waals surface area contributed by atoms with Gasteiger partial charge in [-0.2, -0.15) is 0 Å². The second-order valence-corrected chi connectivity index (χ2v) is 6.21. The molecular weight excluding hydrogens is 328 g/mol. The Morgan fingerprint density at radius 1 is 1.00 bits per heavy atom. The van der Waals surface area contributed by atoms with E-state index in [1.165, 1.54) is 6.26 Å². The summed E-state index contributed by atoms with van der Waals surface area (Å²) in [6, 6.07) is 10.9. The molecule has 1 saturated heterocycles. The largest absolute Gasteiger partial charge is 0.459 e. The van der Waals surface area contributed by atoms with Gasteiger partial charge in [-0.15, -0.1) is 0 Å². The minimum Gasteiger partial charge on any atom is -0.459 e. The normalized spacial score (nSPS) is 14.7. The molecule has 2 heterocycles. The first-order valence-electron chi connectivity index (χ1n) is 7.98. The van der Waals surface area contributed by atoms with Crippen molar-refractivity contribution in [3.8, 4) is 0 Å². The third kappa shape index (κ3) is 3.97. The quantitative estimate of drug-likeness (QED) is 0.855. The van der Waals surface area contributed by atoms with Gasteiger partial charge in [0.05, 0.1) is 6.26 Å². The zero-order valence-electron chi connectivity index (χ0n) is 13.3. The average molecular weight is 347 g/mol. The molecule has 0 saturated carbocycles. The molecule has 0 unspecified atom stereocenters. The van der Waals surface area contributed by atoms with Crippen molar-refractivity contribution >= 4 is 23.4 Å². The summed E-state index contributed by atoms with van der Waals surface area (Å²) in [5.74, 6) is 0.348. The van der Waals surface area contributed by atoms with Gasteiger partial charge in [0.2, 0.25) is 5.91 Å². The number of carbonyl (C=O) groups is 2. The molecule has 1 aromatic carbocycles. The van der Waals surface area contributed by atoms with Crippen LogP contribution in [0.5, 0.6) is 0 Å². The number of nitrogens with zero attached hydrogens (tertiary/aromatic N) is 2. The maximum atomic E-state index is 12.3. The van der Waals surface area contributed by atoms with Crippen molar-refractivity contribution in [1.29, 1.82) is 0 Å². The number of piperazine rings is 1. The smallest absolute Gasteiger partial charge is 0.289 e. The van der Waals surface area contributed by atoms with E-state index in [-0.39, 0.29) is 11.8 Å². The first-order valence-corrected chi connectivity index (χ1v) is 8.36. The monoisotopic (exact) mass is 346 g/mol. The molecule has 1 aliphatic rings. The summed E-state index contributed by atoms with van der Waals surface area (Å²) in [6.45, 7) is 2.19. The van der Waals surface area contributed by atoms with Crippen LogP contribution in [-0.4, -0.2) is 47.8 Å². The summed E-state index contributed by atoms with van der Waals surface area (Å²) in [6.07, 6.45) is 2.65. The van der Waals surface area contributed by atoms with Crippen LogP contribution in [0.25, 0.3) is 0 Å². The van der Waals surface area contributed by atoms with Gasteiger partial charge in [0, 0.05) is 37.6 Å². The molecule has 6 heteroatoms. The molecule has 0 aliphatic carbocycles. The highest BCUT2D eigenvalue weighted by Crippen LogP contribution is 2.13.